The van der Waals surface area contributed by atoms with Crippen LogP contribution in [0, 0.1) is 0 Å². The van der Waals surface area contributed by atoms with E-state index in [1.807, 2.05) is 6.92 Å². The van der Waals surface area contributed by atoms with Gasteiger partial charge in [0.1, 0.15) is 5.75 Å². The first-order valence-corrected chi connectivity index (χ1v) is 11.2. The molecule has 0 bridgehead atoms. The van der Waals surface area contributed by atoms with Crippen LogP contribution in [0.5, 0.6) is 5.75 Å². The zero-order chi connectivity index (χ0) is 22.1. The number of ether oxygens (including phenoxy) is 1. The van der Waals surface area contributed by atoms with Crippen LogP contribution in [-0.4, -0.2) is 44.7 Å². The molecule has 0 amide bonds. The molecule has 0 saturated heterocycles. The fraction of sp³-hybridized carbons (Fsp3) is 0.381. The number of hydrogen-bond donors (Lipinski definition) is 1. The highest BCUT2D eigenvalue weighted by molar-refractivity contribution is 7.91. The smallest absolute Gasteiger partial charge is 0.344 e. The summed E-state index contributed by atoms with van der Waals surface area (Å²) < 4.78 is 31.2. The van der Waals surface area contributed by atoms with Crippen LogP contribution in [-0.2, 0) is 14.6 Å². The monoisotopic (exact) mass is 433 g/mol. The molecule has 0 aliphatic rings. The van der Waals surface area contributed by atoms with Gasteiger partial charge in [-0.25, -0.2) is 13.2 Å². The Labute approximate surface area is 177 Å². The van der Waals surface area contributed by atoms with Gasteiger partial charge in [0.25, 0.3) is 0 Å². The molecule has 0 aliphatic heterocycles. The number of aliphatic carboxylic acids is 1. The second kappa shape index (κ2) is 10.7. The number of carboxylic acid groups (broad SMARTS) is 1. The quantitative estimate of drug-likeness (QED) is 0.318. The lowest BCUT2D eigenvalue weighted by Crippen LogP contribution is -2.26. The van der Waals surface area contributed by atoms with Crippen molar-refractivity contribution in [3.8, 4) is 5.75 Å². The topological polar surface area (TPSA) is 109 Å². The minimum Gasteiger partial charge on any atom is -0.479 e. The third-order valence-electron chi connectivity index (χ3n) is 4.24. The lowest BCUT2D eigenvalue weighted by Gasteiger charge is -2.15. The van der Waals surface area contributed by atoms with Gasteiger partial charge in [0.2, 0.25) is 9.84 Å². The number of benzene rings is 2. The summed E-state index contributed by atoms with van der Waals surface area (Å²) in [5.74, 6) is -0.716. The maximum atomic E-state index is 12.8. The molecule has 1 N–H and O–H groups in total. The third kappa shape index (κ3) is 6.55. The first kappa shape index (κ1) is 23.3. The number of carbonyl (C=O) groups is 1. The minimum absolute atomic E-state index is 0.0929. The van der Waals surface area contributed by atoms with Crippen LogP contribution < -0.4 is 4.74 Å². The van der Waals surface area contributed by atoms with Crippen LogP contribution in [0.4, 0.5) is 5.69 Å². The van der Waals surface area contributed by atoms with E-state index in [9.17, 15) is 18.3 Å². The molecular weight excluding hydrogens is 406 g/mol. The molecule has 8 nitrogen and oxygen atoms in total. The lowest BCUT2D eigenvalue weighted by molar-refractivity contribution is -0.145. The zero-order valence-corrected chi connectivity index (χ0v) is 18.2. The van der Waals surface area contributed by atoms with Crippen LogP contribution in [0.25, 0.3) is 0 Å². The van der Waals surface area contributed by atoms with Crippen molar-refractivity contribution >= 4 is 21.5 Å². The maximum Gasteiger partial charge on any atom is 0.344 e. The summed E-state index contributed by atoms with van der Waals surface area (Å²) in [6.07, 6.45) is 2.12. The number of carboxylic acids is 1. The van der Waals surface area contributed by atoms with Crippen LogP contribution in [0.2, 0.25) is 0 Å². The highest BCUT2D eigenvalue weighted by Gasteiger charge is 2.21. The standard InChI is InChI=1S/C21H27N3O5S/c1-4-5-6-7-20(21(25)26)29-17-10-14-19(15-11-17)30(27,28)18-12-8-16(9-13-18)22-23-24(2)3/h8-15,20H,4-7H2,1-3H3,(H,25,26). The number of nitrogens with zero attached hydrogens (tertiary/aromatic N) is 3. The first-order valence-electron chi connectivity index (χ1n) is 9.67. The fourth-order valence-corrected chi connectivity index (χ4v) is 3.90. The Hall–Kier alpha value is -2.94. The van der Waals surface area contributed by atoms with Gasteiger partial charge in [-0.15, -0.1) is 5.11 Å². The average molecular weight is 434 g/mol. The largest absolute Gasteiger partial charge is 0.479 e. The van der Waals surface area contributed by atoms with E-state index in [0.29, 0.717) is 17.9 Å². The highest BCUT2D eigenvalue weighted by atomic mass is 32.2. The van der Waals surface area contributed by atoms with E-state index in [0.717, 1.165) is 19.3 Å². The second-order valence-electron chi connectivity index (χ2n) is 6.95. The summed E-state index contributed by atoms with van der Waals surface area (Å²) in [6.45, 7) is 2.04. The van der Waals surface area contributed by atoms with Gasteiger partial charge in [-0.1, -0.05) is 25.0 Å². The molecule has 30 heavy (non-hydrogen) atoms. The Morgan fingerprint density at radius 3 is 2.10 bits per heavy atom. The molecule has 2 aromatic carbocycles. The van der Waals surface area contributed by atoms with Crippen molar-refractivity contribution in [3.63, 3.8) is 0 Å². The van der Waals surface area contributed by atoms with Gasteiger partial charge in [-0.2, -0.15) is 0 Å². The summed E-state index contributed by atoms with van der Waals surface area (Å²) >= 11 is 0. The van der Waals surface area contributed by atoms with E-state index in [2.05, 4.69) is 10.3 Å². The van der Waals surface area contributed by atoms with Crippen molar-refractivity contribution < 1.29 is 23.1 Å². The predicted octanol–water partition coefficient (Wildman–Crippen LogP) is 4.49. The predicted molar refractivity (Wildman–Crippen MR) is 113 cm³/mol. The summed E-state index contributed by atoms with van der Waals surface area (Å²) in [7, 11) is -0.249. The Balaban J connectivity index is 2.13. The normalized spacial score (nSPS) is 12.6. The van der Waals surface area contributed by atoms with Crippen LogP contribution in [0.1, 0.15) is 32.6 Å². The summed E-state index contributed by atoms with van der Waals surface area (Å²) in [5, 5.41) is 18.7. The van der Waals surface area contributed by atoms with Crippen LogP contribution in [0.3, 0.4) is 0 Å². The van der Waals surface area contributed by atoms with E-state index < -0.39 is 21.9 Å². The van der Waals surface area contributed by atoms with Crippen molar-refractivity contribution in [2.24, 2.45) is 10.3 Å². The molecule has 0 aromatic heterocycles. The minimum atomic E-state index is -3.72. The van der Waals surface area contributed by atoms with Gasteiger partial charge < -0.3 is 9.84 Å². The molecule has 0 fully saturated rings. The van der Waals surface area contributed by atoms with E-state index in [1.165, 1.54) is 41.4 Å². The van der Waals surface area contributed by atoms with Gasteiger partial charge in [0.15, 0.2) is 6.10 Å². The van der Waals surface area contributed by atoms with Gasteiger partial charge >= 0.3 is 5.97 Å². The molecule has 0 heterocycles. The number of sulfone groups is 1. The number of unbranched alkanes of at least 4 members (excludes halogenated alkanes) is 2. The summed E-state index contributed by atoms with van der Waals surface area (Å²) in [6, 6.07) is 11.9. The lowest BCUT2D eigenvalue weighted by atomic mass is 10.1. The van der Waals surface area contributed by atoms with E-state index in [1.54, 1.807) is 26.2 Å². The molecule has 1 atom stereocenters. The maximum absolute atomic E-state index is 12.8. The van der Waals surface area contributed by atoms with Gasteiger partial charge in [0.05, 0.1) is 15.5 Å². The van der Waals surface area contributed by atoms with Crippen molar-refractivity contribution in [1.29, 1.82) is 0 Å². The van der Waals surface area contributed by atoms with Crippen molar-refractivity contribution in [3.05, 3.63) is 48.5 Å². The van der Waals surface area contributed by atoms with Gasteiger partial charge in [0, 0.05) is 14.1 Å². The Morgan fingerprint density at radius 1 is 1.03 bits per heavy atom. The zero-order valence-electron chi connectivity index (χ0n) is 17.4. The molecular formula is C21H27N3O5S. The van der Waals surface area contributed by atoms with Crippen LogP contribution in [0.15, 0.2) is 68.7 Å². The SMILES string of the molecule is CCCCCC(Oc1ccc(S(=O)(=O)c2ccc(N=NN(C)C)cc2)cc1)C(=O)O. The molecule has 2 aromatic rings. The Kier molecular flexibility index (Phi) is 8.35. The fourth-order valence-electron chi connectivity index (χ4n) is 2.64. The second-order valence-corrected chi connectivity index (χ2v) is 8.90. The molecule has 0 radical (unpaired) electrons. The molecule has 2 rings (SSSR count). The summed E-state index contributed by atoms with van der Waals surface area (Å²) in [4.78, 5) is 11.6. The van der Waals surface area contributed by atoms with Gasteiger partial charge in [-0.3, -0.25) is 5.01 Å². The molecule has 0 saturated carbocycles. The third-order valence-corrected chi connectivity index (χ3v) is 6.03. The Morgan fingerprint density at radius 2 is 1.60 bits per heavy atom. The number of hydrogen-bond acceptors (Lipinski definition) is 6. The summed E-state index contributed by atoms with van der Waals surface area (Å²) in [5.41, 5.74) is 0.536. The highest BCUT2D eigenvalue weighted by Crippen LogP contribution is 2.26. The van der Waals surface area contributed by atoms with Crippen molar-refractivity contribution in [2.75, 3.05) is 14.1 Å². The average Bonchev–Trinajstić information content (AvgIpc) is 2.72. The van der Waals surface area contributed by atoms with E-state index >= 15 is 0 Å². The van der Waals surface area contributed by atoms with Crippen LogP contribution >= 0.6 is 0 Å². The molecule has 0 spiro atoms. The van der Waals surface area contributed by atoms with E-state index in [-0.39, 0.29) is 9.79 Å². The first-order chi connectivity index (χ1) is 14.2. The molecule has 9 heteroatoms. The Bertz CT molecular complexity index is 955. The number of rotatable bonds is 11. The van der Waals surface area contributed by atoms with E-state index in [4.69, 9.17) is 4.74 Å². The van der Waals surface area contributed by atoms with Gasteiger partial charge in [-0.05, 0) is 61.4 Å². The molecule has 162 valence electrons. The molecule has 1 unspecified atom stereocenters. The van der Waals surface area contributed by atoms with Crippen molar-refractivity contribution in [1.82, 2.24) is 5.01 Å². The van der Waals surface area contributed by atoms with Crippen molar-refractivity contribution in [2.45, 2.75) is 48.5 Å². The molecule has 0 aliphatic carbocycles.